The lowest BCUT2D eigenvalue weighted by atomic mass is 9.96. The second-order valence-electron chi connectivity index (χ2n) is 6.14. The van der Waals surface area contributed by atoms with Gasteiger partial charge in [-0.15, -0.1) is 0 Å². The number of benzene rings is 1. The molecule has 0 bridgehead atoms. The van der Waals surface area contributed by atoms with Crippen molar-refractivity contribution in [3.05, 3.63) is 69.3 Å². The highest BCUT2D eigenvalue weighted by Gasteiger charge is 2.22. The van der Waals surface area contributed by atoms with E-state index >= 15 is 0 Å². The highest BCUT2D eigenvalue weighted by molar-refractivity contribution is 6.15. The number of aliphatic imine (C=N–C) groups is 1. The van der Waals surface area contributed by atoms with Gasteiger partial charge in [-0.2, -0.15) is 0 Å². The summed E-state index contributed by atoms with van der Waals surface area (Å²) in [5.41, 5.74) is -0.336. The van der Waals surface area contributed by atoms with Crippen LogP contribution in [0.5, 0.6) is 0 Å². The standard InChI is InChI=1S/C21H19NO6/c1-2-27-20(25)15(19(24)13-7-4-3-5-8-13)12-22-16-11-14-17(23)9-6-10-18(14)28-21(16)26/h3-5,7-8,11-12,24H,2,6,9-10H2,1H3/b19-15-,22-12?. The van der Waals surface area contributed by atoms with E-state index in [1.165, 1.54) is 6.07 Å². The van der Waals surface area contributed by atoms with Gasteiger partial charge in [0.15, 0.2) is 5.78 Å². The molecule has 1 aromatic carbocycles. The number of Topliss-reactive ketones (excluding diaryl/α,β-unsaturated/α-hetero) is 1. The molecular formula is C21H19NO6. The zero-order valence-electron chi connectivity index (χ0n) is 15.3. The Balaban J connectivity index is 2.03. The van der Waals surface area contributed by atoms with Gasteiger partial charge in [-0.1, -0.05) is 30.3 Å². The van der Waals surface area contributed by atoms with Crippen LogP contribution in [-0.4, -0.2) is 29.7 Å². The molecule has 7 nitrogen and oxygen atoms in total. The van der Waals surface area contributed by atoms with Gasteiger partial charge in [0.25, 0.3) is 0 Å². The molecule has 1 aliphatic carbocycles. The van der Waals surface area contributed by atoms with Crippen LogP contribution in [0.15, 0.2) is 56.2 Å². The van der Waals surface area contributed by atoms with E-state index in [1.54, 1.807) is 37.3 Å². The second-order valence-corrected chi connectivity index (χ2v) is 6.14. The number of rotatable bonds is 5. The molecular weight excluding hydrogens is 362 g/mol. The molecule has 0 aliphatic heterocycles. The number of ether oxygens (including phenoxy) is 1. The molecule has 2 aromatic rings. The topological polar surface area (TPSA) is 106 Å². The van der Waals surface area contributed by atoms with E-state index in [1.807, 2.05) is 0 Å². The Bertz CT molecular complexity index is 1020. The molecule has 0 fully saturated rings. The van der Waals surface area contributed by atoms with Gasteiger partial charge < -0.3 is 14.3 Å². The van der Waals surface area contributed by atoms with Crippen LogP contribution in [-0.2, 0) is 16.0 Å². The fraction of sp³-hybridized carbons (Fsp3) is 0.238. The van der Waals surface area contributed by atoms with Crippen LogP contribution in [0.1, 0.15) is 41.4 Å². The highest BCUT2D eigenvalue weighted by Crippen LogP contribution is 2.23. The number of esters is 1. The molecule has 1 N–H and O–H groups in total. The summed E-state index contributed by atoms with van der Waals surface area (Å²) < 4.78 is 10.2. The molecule has 1 heterocycles. The normalized spacial score (nSPS) is 14.5. The quantitative estimate of drug-likeness (QED) is 0.368. The first-order valence-electron chi connectivity index (χ1n) is 8.91. The molecule has 0 saturated carbocycles. The van der Waals surface area contributed by atoms with Crippen molar-refractivity contribution >= 4 is 29.4 Å². The third-order valence-electron chi connectivity index (χ3n) is 4.25. The predicted molar refractivity (Wildman–Crippen MR) is 103 cm³/mol. The lowest BCUT2D eigenvalue weighted by Gasteiger charge is -2.12. The first-order chi connectivity index (χ1) is 13.5. The SMILES string of the molecule is CCOC(=O)/C(C=Nc1cc2c(oc1=O)CCCC2=O)=C(\O)c1ccccc1. The molecule has 0 unspecified atom stereocenters. The molecule has 3 rings (SSSR count). The lowest BCUT2D eigenvalue weighted by Crippen LogP contribution is -2.15. The van der Waals surface area contributed by atoms with Gasteiger partial charge in [0, 0.05) is 24.6 Å². The van der Waals surface area contributed by atoms with Gasteiger partial charge in [0.1, 0.15) is 22.8 Å². The number of aliphatic hydroxyl groups excluding tert-OH is 1. The summed E-state index contributed by atoms with van der Waals surface area (Å²) in [6.07, 6.45) is 2.58. The van der Waals surface area contributed by atoms with Crippen molar-refractivity contribution in [3.63, 3.8) is 0 Å². The van der Waals surface area contributed by atoms with Crippen molar-refractivity contribution in [3.8, 4) is 0 Å². The van der Waals surface area contributed by atoms with Crippen molar-refractivity contribution in [1.82, 2.24) is 0 Å². The third-order valence-corrected chi connectivity index (χ3v) is 4.25. The summed E-state index contributed by atoms with van der Waals surface area (Å²) in [6, 6.07) is 9.78. The molecule has 7 heteroatoms. The van der Waals surface area contributed by atoms with Crippen molar-refractivity contribution < 1.29 is 23.8 Å². The van der Waals surface area contributed by atoms with Crippen LogP contribution in [0.25, 0.3) is 5.76 Å². The summed E-state index contributed by atoms with van der Waals surface area (Å²) >= 11 is 0. The Kier molecular flexibility index (Phi) is 5.84. The van der Waals surface area contributed by atoms with Crippen LogP contribution >= 0.6 is 0 Å². The van der Waals surface area contributed by atoms with Gasteiger partial charge >= 0.3 is 11.6 Å². The second kappa shape index (κ2) is 8.47. The number of nitrogens with zero attached hydrogens (tertiary/aromatic N) is 1. The summed E-state index contributed by atoms with van der Waals surface area (Å²) in [7, 11) is 0. The Morgan fingerprint density at radius 3 is 2.71 bits per heavy atom. The number of carbonyl (C=O) groups excluding carboxylic acids is 2. The van der Waals surface area contributed by atoms with E-state index in [2.05, 4.69) is 4.99 Å². The van der Waals surface area contributed by atoms with E-state index in [4.69, 9.17) is 9.15 Å². The summed E-state index contributed by atoms with van der Waals surface area (Å²) in [4.78, 5) is 40.5. The Morgan fingerprint density at radius 2 is 2.00 bits per heavy atom. The van der Waals surface area contributed by atoms with Gasteiger partial charge in [-0.25, -0.2) is 14.6 Å². The molecule has 1 aliphatic rings. The van der Waals surface area contributed by atoms with Crippen molar-refractivity contribution in [2.24, 2.45) is 4.99 Å². The number of hydrogen-bond acceptors (Lipinski definition) is 7. The fourth-order valence-corrected chi connectivity index (χ4v) is 2.86. The lowest BCUT2D eigenvalue weighted by molar-refractivity contribution is -0.137. The van der Waals surface area contributed by atoms with Crippen LogP contribution in [0.3, 0.4) is 0 Å². The van der Waals surface area contributed by atoms with Crippen molar-refractivity contribution in [1.29, 1.82) is 0 Å². The van der Waals surface area contributed by atoms with Crippen LogP contribution in [0.2, 0.25) is 0 Å². The van der Waals surface area contributed by atoms with Crippen molar-refractivity contribution in [2.75, 3.05) is 6.61 Å². The molecule has 0 spiro atoms. The number of fused-ring (bicyclic) bond motifs is 1. The number of ketones is 1. The maximum absolute atomic E-state index is 12.3. The van der Waals surface area contributed by atoms with E-state index in [-0.39, 0.29) is 29.4 Å². The predicted octanol–water partition coefficient (Wildman–Crippen LogP) is 3.39. The minimum absolute atomic E-state index is 0.105. The third kappa shape index (κ3) is 4.09. The van der Waals surface area contributed by atoms with Crippen molar-refractivity contribution in [2.45, 2.75) is 26.2 Å². The molecule has 28 heavy (non-hydrogen) atoms. The van der Waals surface area contributed by atoms with Crippen LogP contribution in [0, 0.1) is 0 Å². The molecule has 144 valence electrons. The highest BCUT2D eigenvalue weighted by atomic mass is 16.5. The molecule has 0 amide bonds. The average Bonchev–Trinajstić information content (AvgIpc) is 2.69. The number of aliphatic hydroxyl groups is 1. The molecule has 0 atom stereocenters. The smallest absolute Gasteiger partial charge is 0.362 e. The Labute approximate surface area is 161 Å². The molecule has 1 aromatic heterocycles. The maximum atomic E-state index is 12.3. The van der Waals surface area contributed by atoms with Gasteiger partial charge in [0.05, 0.1) is 12.2 Å². The van der Waals surface area contributed by atoms with Crippen LogP contribution < -0.4 is 5.63 Å². The van der Waals surface area contributed by atoms with E-state index in [0.29, 0.717) is 36.1 Å². The fourth-order valence-electron chi connectivity index (χ4n) is 2.86. The summed E-state index contributed by atoms with van der Waals surface area (Å²) in [5, 5.41) is 10.5. The number of carbonyl (C=O) groups is 2. The average molecular weight is 381 g/mol. The van der Waals surface area contributed by atoms with E-state index in [9.17, 15) is 19.5 Å². The Morgan fingerprint density at radius 1 is 1.25 bits per heavy atom. The van der Waals surface area contributed by atoms with Crippen LogP contribution in [0.4, 0.5) is 5.69 Å². The number of aryl methyl sites for hydroxylation is 1. The van der Waals surface area contributed by atoms with E-state index in [0.717, 1.165) is 6.21 Å². The summed E-state index contributed by atoms with van der Waals surface area (Å²) in [5.74, 6) is -0.879. The minimum atomic E-state index is -0.786. The van der Waals surface area contributed by atoms with Gasteiger partial charge in [-0.3, -0.25) is 4.79 Å². The Hall–Kier alpha value is -3.48. The first-order valence-corrected chi connectivity index (χ1v) is 8.91. The molecule has 0 radical (unpaired) electrons. The van der Waals surface area contributed by atoms with Gasteiger partial charge in [-0.05, 0) is 19.4 Å². The minimum Gasteiger partial charge on any atom is -0.506 e. The first kappa shape index (κ1) is 19.3. The monoisotopic (exact) mass is 381 g/mol. The van der Waals surface area contributed by atoms with Gasteiger partial charge in [0.2, 0.25) is 0 Å². The van der Waals surface area contributed by atoms with E-state index < -0.39 is 11.6 Å². The maximum Gasteiger partial charge on any atom is 0.362 e. The number of hydrogen-bond donors (Lipinski definition) is 1. The zero-order valence-corrected chi connectivity index (χ0v) is 15.3. The molecule has 0 saturated heterocycles. The summed E-state index contributed by atoms with van der Waals surface area (Å²) in [6.45, 7) is 1.74. The largest absolute Gasteiger partial charge is 0.506 e. The zero-order chi connectivity index (χ0) is 20.1.